The van der Waals surface area contributed by atoms with Gasteiger partial charge in [-0.3, -0.25) is 4.79 Å². The van der Waals surface area contributed by atoms with Crippen molar-refractivity contribution in [3.8, 4) is 0 Å². The second kappa shape index (κ2) is 14.1. The lowest BCUT2D eigenvalue weighted by molar-refractivity contribution is -0.917. The lowest BCUT2D eigenvalue weighted by Crippen LogP contribution is -2.65. The van der Waals surface area contributed by atoms with E-state index in [2.05, 4.69) is 73.1 Å². The Balaban J connectivity index is 2.08. The molecule has 0 aromatic carbocycles. The molecule has 2 N–H and O–H groups in total. The number of unbranched alkanes of at least 4 members (excludes halogenated alkanes) is 7. The van der Waals surface area contributed by atoms with Crippen molar-refractivity contribution in [3.05, 3.63) is 12.2 Å². The minimum absolute atomic E-state index is 0.0204. The number of nitrogens with zero attached hydrogens (tertiary/aromatic N) is 2. The number of rotatable bonds is 17. The van der Waals surface area contributed by atoms with Gasteiger partial charge in [0.05, 0.1) is 53.9 Å². The van der Waals surface area contributed by atoms with E-state index in [9.17, 15) is 4.79 Å². The third kappa shape index (κ3) is 13.8. The zero-order valence-electron chi connectivity index (χ0n) is 25.2. The van der Waals surface area contributed by atoms with Crippen molar-refractivity contribution in [3.63, 3.8) is 0 Å². The summed E-state index contributed by atoms with van der Waals surface area (Å²) in [5, 5.41) is 6.78. The standard InChI is InChI=1S/C30H61N4O/c1-26(2)28(35)31-20-19-22-33(7,8)21-17-15-13-11-12-14-16-18-23-34(9,10)27-24-29(3,4)32-30(5,6)25-27/h27,32H,1,11-25H2,2-10H3/q+1/p+1. The summed E-state index contributed by atoms with van der Waals surface area (Å²) in [7, 11) is 9.54. The van der Waals surface area contributed by atoms with E-state index in [-0.39, 0.29) is 17.0 Å². The van der Waals surface area contributed by atoms with Gasteiger partial charge in [0.1, 0.15) is 0 Å². The fourth-order valence-electron chi connectivity index (χ4n) is 6.04. The molecule has 0 atom stereocenters. The van der Waals surface area contributed by atoms with Gasteiger partial charge in [0, 0.05) is 42.5 Å². The van der Waals surface area contributed by atoms with Crippen LogP contribution in [0.4, 0.5) is 0 Å². The second-order valence-electron chi connectivity index (χ2n) is 14.1. The molecular weight excluding hydrogens is 432 g/mol. The van der Waals surface area contributed by atoms with E-state index in [1.165, 1.54) is 81.8 Å². The number of hydrogen-bond donors (Lipinski definition) is 2. The lowest BCUT2D eigenvalue weighted by Gasteiger charge is -2.51. The molecule has 5 nitrogen and oxygen atoms in total. The van der Waals surface area contributed by atoms with Crippen molar-refractivity contribution < 1.29 is 13.8 Å². The van der Waals surface area contributed by atoms with E-state index in [0.717, 1.165) is 30.0 Å². The first-order valence-corrected chi connectivity index (χ1v) is 14.4. The van der Waals surface area contributed by atoms with Gasteiger partial charge in [-0.2, -0.15) is 0 Å². The van der Waals surface area contributed by atoms with E-state index < -0.39 is 0 Å². The molecule has 35 heavy (non-hydrogen) atoms. The predicted octanol–water partition coefficient (Wildman–Crippen LogP) is 5.65. The van der Waals surface area contributed by atoms with Crippen LogP contribution in [0.2, 0.25) is 0 Å². The van der Waals surface area contributed by atoms with Crippen LogP contribution >= 0.6 is 0 Å². The molecule has 0 saturated carbocycles. The van der Waals surface area contributed by atoms with Crippen LogP contribution < -0.4 is 10.6 Å². The molecule has 1 saturated heterocycles. The van der Waals surface area contributed by atoms with Crippen molar-refractivity contribution in [2.45, 2.75) is 122 Å². The number of hydrogen-bond acceptors (Lipinski definition) is 2. The van der Waals surface area contributed by atoms with E-state index >= 15 is 0 Å². The third-order valence-electron chi connectivity index (χ3n) is 8.02. The Bertz CT molecular complexity index is 635. The predicted molar refractivity (Wildman–Crippen MR) is 153 cm³/mol. The fourth-order valence-corrected chi connectivity index (χ4v) is 6.04. The van der Waals surface area contributed by atoms with Crippen LogP contribution in [0.3, 0.4) is 0 Å². The normalized spacial score (nSPS) is 18.4. The topological polar surface area (TPSA) is 41.1 Å². The molecule has 0 unspecified atom stereocenters. The third-order valence-corrected chi connectivity index (χ3v) is 8.02. The number of carbonyl (C=O) groups excluding carboxylic acids is 1. The number of nitrogens with one attached hydrogen (secondary N) is 2. The largest absolute Gasteiger partial charge is 0.352 e. The molecule has 1 amide bonds. The minimum Gasteiger partial charge on any atom is -0.352 e. The van der Waals surface area contributed by atoms with Gasteiger partial charge in [-0.1, -0.05) is 32.3 Å². The summed E-state index contributed by atoms with van der Waals surface area (Å²) in [6.07, 6.45) is 14.5. The molecule has 0 spiro atoms. The SMILES string of the molecule is C=C(C)C(=O)NCCC[N+](C)(C)CCCCCCCCCC[N+](C)(C)C1CC(C)(C)NC(C)(C)C1. The highest BCUT2D eigenvalue weighted by atomic mass is 16.1. The molecule has 0 bridgehead atoms. The maximum atomic E-state index is 11.6. The highest BCUT2D eigenvalue weighted by Crippen LogP contribution is 2.33. The maximum Gasteiger partial charge on any atom is 0.246 e. The molecule has 1 aliphatic rings. The Morgan fingerprint density at radius 1 is 0.800 bits per heavy atom. The molecule has 1 fully saturated rings. The molecule has 1 heterocycles. The molecule has 5 heteroatoms. The quantitative estimate of drug-likeness (QED) is 0.156. The van der Waals surface area contributed by atoms with E-state index in [0.29, 0.717) is 5.57 Å². The second-order valence-corrected chi connectivity index (χ2v) is 14.1. The first kappa shape index (κ1) is 32.1. The van der Waals surface area contributed by atoms with Crippen molar-refractivity contribution in [1.29, 1.82) is 0 Å². The first-order chi connectivity index (χ1) is 16.1. The van der Waals surface area contributed by atoms with Gasteiger partial charge in [-0.25, -0.2) is 0 Å². The monoisotopic (exact) mass is 494 g/mol. The summed E-state index contributed by atoms with van der Waals surface area (Å²) in [4.78, 5) is 11.6. The van der Waals surface area contributed by atoms with Gasteiger partial charge in [-0.15, -0.1) is 0 Å². The molecule has 1 rings (SSSR count). The minimum atomic E-state index is -0.0204. The average molecular weight is 495 g/mol. The van der Waals surface area contributed by atoms with Crippen LogP contribution in [0, 0.1) is 0 Å². The molecule has 1 aliphatic heterocycles. The number of piperidine rings is 1. The number of amides is 1. The summed E-state index contributed by atoms with van der Waals surface area (Å²) in [5.41, 5.74) is 1.06. The summed E-state index contributed by atoms with van der Waals surface area (Å²) >= 11 is 0. The van der Waals surface area contributed by atoms with Crippen LogP contribution in [-0.4, -0.2) is 86.4 Å². The van der Waals surface area contributed by atoms with Crippen LogP contribution in [0.5, 0.6) is 0 Å². The summed E-state index contributed by atoms with van der Waals surface area (Å²) in [6, 6.07) is 0.749. The average Bonchev–Trinajstić information content (AvgIpc) is 2.70. The van der Waals surface area contributed by atoms with Gasteiger partial charge in [0.2, 0.25) is 5.91 Å². The zero-order valence-corrected chi connectivity index (χ0v) is 25.2. The zero-order chi connectivity index (χ0) is 26.8. The van der Waals surface area contributed by atoms with Crippen molar-refractivity contribution in [1.82, 2.24) is 10.6 Å². The van der Waals surface area contributed by atoms with Gasteiger partial charge in [-0.05, 0) is 60.3 Å². The smallest absolute Gasteiger partial charge is 0.246 e. The lowest BCUT2D eigenvalue weighted by atomic mass is 9.78. The Hall–Kier alpha value is -0.910. The molecule has 206 valence electrons. The highest BCUT2D eigenvalue weighted by molar-refractivity contribution is 5.91. The van der Waals surface area contributed by atoms with Gasteiger partial charge in [0.15, 0.2) is 0 Å². The van der Waals surface area contributed by atoms with Crippen molar-refractivity contribution >= 4 is 5.91 Å². The molecule has 0 aliphatic carbocycles. The summed E-state index contributed by atoms with van der Waals surface area (Å²) in [5.74, 6) is -0.0204. The van der Waals surface area contributed by atoms with Gasteiger partial charge in [0.25, 0.3) is 0 Å². The summed E-state index contributed by atoms with van der Waals surface area (Å²) in [6.45, 7) is 19.3. The fraction of sp³-hybridized carbons (Fsp3) is 0.900. The Kier molecular flexibility index (Phi) is 13.0. The molecule has 0 aromatic rings. The van der Waals surface area contributed by atoms with Crippen LogP contribution in [0.1, 0.15) is 105 Å². The Morgan fingerprint density at radius 3 is 1.71 bits per heavy atom. The highest BCUT2D eigenvalue weighted by Gasteiger charge is 2.44. The summed E-state index contributed by atoms with van der Waals surface area (Å²) < 4.78 is 2.21. The Morgan fingerprint density at radius 2 is 1.23 bits per heavy atom. The van der Waals surface area contributed by atoms with E-state index in [1.807, 2.05) is 0 Å². The molecule has 0 radical (unpaired) electrons. The van der Waals surface area contributed by atoms with Gasteiger partial charge < -0.3 is 19.6 Å². The van der Waals surface area contributed by atoms with Gasteiger partial charge >= 0.3 is 0 Å². The maximum absolute atomic E-state index is 11.6. The number of carbonyl (C=O) groups is 1. The van der Waals surface area contributed by atoms with E-state index in [4.69, 9.17) is 0 Å². The van der Waals surface area contributed by atoms with Crippen LogP contribution in [0.15, 0.2) is 12.2 Å². The Labute approximate surface area is 219 Å². The van der Waals surface area contributed by atoms with Crippen LogP contribution in [-0.2, 0) is 4.79 Å². The molecule has 0 aromatic heterocycles. The van der Waals surface area contributed by atoms with E-state index in [1.54, 1.807) is 6.92 Å². The number of quaternary nitrogens is 2. The first-order valence-electron chi connectivity index (χ1n) is 14.4. The van der Waals surface area contributed by atoms with Crippen molar-refractivity contribution in [2.24, 2.45) is 0 Å². The van der Waals surface area contributed by atoms with Crippen molar-refractivity contribution in [2.75, 3.05) is 54.4 Å². The molecular formula is C30H62N4O+2. The van der Waals surface area contributed by atoms with Crippen LogP contribution in [0.25, 0.3) is 0 Å².